The summed E-state index contributed by atoms with van der Waals surface area (Å²) in [4.78, 5) is 0. The van der Waals surface area contributed by atoms with Gasteiger partial charge in [0.05, 0.1) is 21.3 Å². The standard InChI is InChI=1S/C21H24N2O3/c1-6-14-13(2)22-23-21(15-9-7-8-10-18(15)24-3)17-12-20(26-5)19(25-4)11-16(14)17/h7-12,14H,6H2,1-5H3. The molecule has 0 aliphatic carbocycles. The second kappa shape index (κ2) is 7.60. The molecule has 26 heavy (non-hydrogen) atoms. The quantitative estimate of drug-likeness (QED) is 0.800. The Kier molecular flexibility index (Phi) is 5.26. The van der Waals surface area contributed by atoms with Gasteiger partial charge in [0.25, 0.3) is 0 Å². The lowest BCUT2D eigenvalue weighted by Gasteiger charge is -2.20. The Morgan fingerprint density at radius 1 is 0.846 bits per heavy atom. The molecule has 1 aliphatic heterocycles. The Balaban J connectivity index is 2.31. The Morgan fingerprint density at radius 2 is 1.50 bits per heavy atom. The molecular formula is C21H24N2O3. The zero-order chi connectivity index (χ0) is 18.7. The van der Waals surface area contributed by atoms with Gasteiger partial charge in [-0.05, 0) is 43.2 Å². The fourth-order valence-corrected chi connectivity index (χ4v) is 3.42. The van der Waals surface area contributed by atoms with Crippen LogP contribution < -0.4 is 14.2 Å². The summed E-state index contributed by atoms with van der Waals surface area (Å²) >= 11 is 0. The highest BCUT2D eigenvalue weighted by Gasteiger charge is 2.27. The molecule has 1 aliphatic rings. The van der Waals surface area contributed by atoms with Gasteiger partial charge < -0.3 is 14.2 Å². The van der Waals surface area contributed by atoms with E-state index >= 15 is 0 Å². The first-order valence-corrected chi connectivity index (χ1v) is 8.66. The zero-order valence-corrected chi connectivity index (χ0v) is 15.9. The van der Waals surface area contributed by atoms with Crippen molar-refractivity contribution in [2.24, 2.45) is 10.2 Å². The number of fused-ring (bicyclic) bond motifs is 1. The monoisotopic (exact) mass is 352 g/mol. The molecule has 0 spiro atoms. The highest BCUT2D eigenvalue weighted by atomic mass is 16.5. The average Bonchev–Trinajstić information content (AvgIpc) is 2.82. The van der Waals surface area contributed by atoms with Crippen molar-refractivity contribution in [3.63, 3.8) is 0 Å². The third kappa shape index (κ3) is 3.05. The predicted octanol–water partition coefficient (Wildman–Crippen LogP) is 4.43. The molecule has 0 radical (unpaired) electrons. The van der Waals surface area contributed by atoms with Crippen LogP contribution in [0.2, 0.25) is 0 Å². The van der Waals surface area contributed by atoms with E-state index in [1.165, 1.54) is 0 Å². The highest BCUT2D eigenvalue weighted by molar-refractivity contribution is 6.17. The van der Waals surface area contributed by atoms with Gasteiger partial charge in [0.1, 0.15) is 11.5 Å². The van der Waals surface area contributed by atoms with Crippen LogP contribution in [0.3, 0.4) is 0 Å². The first-order valence-electron chi connectivity index (χ1n) is 8.66. The third-order valence-corrected chi connectivity index (χ3v) is 4.77. The number of methoxy groups -OCH3 is 3. The maximum Gasteiger partial charge on any atom is 0.161 e. The maximum atomic E-state index is 5.55. The van der Waals surface area contributed by atoms with Crippen molar-refractivity contribution < 1.29 is 14.2 Å². The van der Waals surface area contributed by atoms with E-state index in [0.717, 1.165) is 40.3 Å². The van der Waals surface area contributed by atoms with Crippen LogP contribution in [0.5, 0.6) is 17.2 Å². The van der Waals surface area contributed by atoms with Crippen LogP contribution in [-0.2, 0) is 0 Å². The lowest BCUT2D eigenvalue weighted by molar-refractivity contribution is 0.354. The molecule has 0 N–H and O–H groups in total. The predicted molar refractivity (Wildman–Crippen MR) is 104 cm³/mol. The van der Waals surface area contributed by atoms with Gasteiger partial charge in [-0.2, -0.15) is 5.10 Å². The minimum Gasteiger partial charge on any atom is -0.496 e. The summed E-state index contributed by atoms with van der Waals surface area (Å²) in [5, 5.41) is 9.08. The van der Waals surface area contributed by atoms with Gasteiger partial charge in [-0.15, -0.1) is 5.10 Å². The molecule has 0 saturated heterocycles. The van der Waals surface area contributed by atoms with E-state index in [1.807, 2.05) is 43.3 Å². The van der Waals surface area contributed by atoms with Crippen LogP contribution in [0.15, 0.2) is 46.6 Å². The number of rotatable bonds is 5. The van der Waals surface area contributed by atoms with Crippen molar-refractivity contribution in [2.75, 3.05) is 21.3 Å². The van der Waals surface area contributed by atoms with Crippen LogP contribution in [0.1, 0.15) is 42.9 Å². The minimum atomic E-state index is 0.167. The molecule has 5 heteroatoms. The molecule has 0 fully saturated rings. The molecule has 136 valence electrons. The SMILES string of the molecule is CCC1C(C)=NN=C(c2ccccc2OC)c2cc(OC)c(OC)cc21. The van der Waals surface area contributed by atoms with Crippen molar-refractivity contribution in [2.45, 2.75) is 26.2 Å². The Morgan fingerprint density at radius 3 is 2.15 bits per heavy atom. The van der Waals surface area contributed by atoms with E-state index in [1.54, 1.807) is 21.3 Å². The summed E-state index contributed by atoms with van der Waals surface area (Å²) in [5.41, 5.74) is 4.77. The van der Waals surface area contributed by atoms with Crippen molar-refractivity contribution >= 4 is 11.4 Å². The van der Waals surface area contributed by atoms with Crippen molar-refractivity contribution in [3.05, 3.63) is 53.1 Å². The molecule has 3 rings (SSSR count). The van der Waals surface area contributed by atoms with Crippen molar-refractivity contribution in [1.29, 1.82) is 0 Å². The lowest BCUT2D eigenvalue weighted by Crippen LogP contribution is -2.13. The Labute approximate surface area is 154 Å². The topological polar surface area (TPSA) is 52.4 Å². The van der Waals surface area contributed by atoms with Gasteiger partial charge in [-0.25, -0.2) is 0 Å². The molecule has 5 nitrogen and oxygen atoms in total. The van der Waals surface area contributed by atoms with Gasteiger partial charge in [0, 0.05) is 22.8 Å². The van der Waals surface area contributed by atoms with E-state index in [9.17, 15) is 0 Å². The van der Waals surface area contributed by atoms with E-state index < -0.39 is 0 Å². The second-order valence-electron chi connectivity index (χ2n) is 6.15. The lowest BCUT2D eigenvalue weighted by atomic mass is 9.85. The van der Waals surface area contributed by atoms with E-state index in [2.05, 4.69) is 17.1 Å². The number of para-hydroxylation sites is 1. The van der Waals surface area contributed by atoms with Crippen molar-refractivity contribution in [1.82, 2.24) is 0 Å². The van der Waals surface area contributed by atoms with E-state index in [4.69, 9.17) is 14.2 Å². The summed E-state index contributed by atoms with van der Waals surface area (Å²) in [6.45, 7) is 4.17. The van der Waals surface area contributed by atoms with Gasteiger partial charge in [0.15, 0.2) is 11.5 Å². The Hall–Kier alpha value is -2.82. The summed E-state index contributed by atoms with van der Waals surface area (Å²) < 4.78 is 16.6. The van der Waals surface area contributed by atoms with Crippen LogP contribution in [0, 0.1) is 0 Å². The molecule has 0 bridgehead atoms. The fraction of sp³-hybridized carbons (Fsp3) is 0.333. The molecule has 1 heterocycles. The molecule has 0 amide bonds. The van der Waals surface area contributed by atoms with Gasteiger partial charge in [-0.1, -0.05) is 19.1 Å². The fourth-order valence-electron chi connectivity index (χ4n) is 3.42. The molecule has 2 aromatic rings. The third-order valence-electron chi connectivity index (χ3n) is 4.77. The second-order valence-corrected chi connectivity index (χ2v) is 6.15. The summed E-state index contributed by atoms with van der Waals surface area (Å²) in [7, 11) is 4.95. The molecular weight excluding hydrogens is 328 g/mol. The highest BCUT2D eigenvalue weighted by Crippen LogP contribution is 2.39. The van der Waals surface area contributed by atoms with Crippen LogP contribution >= 0.6 is 0 Å². The average molecular weight is 352 g/mol. The van der Waals surface area contributed by atoms with E-state index in [-0.39, 0.29) is 5.92 Å². The number of nitrogens with zero attached hydrogens (tertiary/aromatic N) is 2. The number of hydrogen-bond donors (Lipinski definition) is 0. The number of benzene rings is 2. The molecule has 1 unspecified atom stereocenters. The Bertz CT molecular complexity index is 872. The summed E-state index contributed by atoms with van der Waals surface area (Å²) in [6.07, 6.45) is 0.923. The smallest absolute Gasteiger partial charge is 0.161 e. The van der Waals surface area contributed by atoms with Crippen molar-refractivity contribution in [3.8, 4) is 17.2 Å². The van der Waals surface area contributed by atoms with Crippen LogP contribution in [0.4, 0.5) is 0 Å². The molecule has 1 atom stereocenters. The minimum absolute atomic E-state index is 0.167. The zero-order valence-electron chi connectivity index (χ0n) is 15.9. The first-order chi connectivity index (χ1) is 12.6. The molecule has 0 aromatic heterocycles. The van der Waals surface area contributed by atoms with Gasteiger partial charge in [0.2, 0.25) is 0 Å². The number of ether oxygens (including phenoxy) is 3. The summed E-state index contributed by atoms with van der Waals surface area (Å²) in [6, 6.07) is 11.9. The van der Waals surface area contributed by atoms with Gasteiger partial charge in [-0.3, -0.25) is 0 Å². The largest absolute Gasteiger partial charge is 0.496 e. The molecule has 0 saturated carbocycles. The molecule has 2 aromatic carbocycles. The summed E-state index contributed by atoms with van der Waals surface area (Å²) in [5.74, 6) is 2.30. The van der Waals surface area contributed by atoms with Crippen LogP contribution in [0.25, 0.3) is 0 Å². The van der Waals surface area contributed by atoms with Gasteiger partial charge >= 0.3 is 0 Å². The number of hydrogen-bond acceptors (Lipinski definition) is 5. The maximum absolute atomic E-state index is 5.55. The van der Waals surface area contributed by atoms with E-state index in [0.29, 0.717) is 11.5 Å². The van der Waals surface area contributed by atoms with Crippen LogP contribution in [-0.4, -0.2) is 32.8 Å². The normalized spacial score (nSPS) is 16.1. The first kappa shape index (κ1) is 18.0.